The molecule has 0 bridgehead atoms. The summed E-state index contributed by atoms with van der Waals surface area (Å²) in [5.74, 6) is -0.415. The number of amides is 1. The van der Waals surface area contributed by atoms with Gasteiger partial charge in [0.25, 0.3) is 5.91 Å². The summed E-state index contributed by atoms with van der Waals surface area (Å²) in [7, 11) is 0. The number of ether oxygens (including phenoxy) is 1. The van der Waals surface area contributed by atoms with Crippen molar-refractivity contribution in [2.45, 2.75) is 19.8 Å². The zero-order valence-corrected chi connectivity index (χ0v) is 11.1. The smallest absolute Gasteiger partial charge is 0.310 e. The van der Waals surface area contributed by atoms with Crippen molar-refractivity contribution < 1.29 is 14.3 Å². The molecule has 5 nitrogen and oxygen atoms in total. The van der Waals surface area contributed by atoms with Gasteiger partial charge in [-0.2, -0.15) is 0 Å². The number of aromatic nitrogens is 1. The van der Waals surface area contributed by atoms with Gasteiger partial charge >= 0.3 is 5.97 Å². The van der Waals surface area contributed by atoms with Crippen LogP contribution in [0.15, 0.2) is 11.7 Å². The quantitative estimate of drug-likeness (QED) is 0.781. The van der Waals surface area contributed by atoms with Crippen LogP contribution in [0.2, 0.25) is 0 Å². The van der Waals surface area contributed by atoms with Crippen molar-refractivity contribution in [2.24, 2.45) is 5.92 Å². The molecule has 0 unspecified atom stereocenters. The van der Waals surface area contributed by atoms with Gasteiger partial charge in [-0.15, -0.1) is 11.3 Å². The number of hydrogen-bond donors (Lipinski definition) is 0. The summed E-state index contributed by atoms with van der Waals surface area (Å²) in [5.41, 5.74) is 1.64. The van der Waals surface area contributed by atoms with Crippen LogP contribution in [0.3, 0.4) is 0 Å². The Morgan fingerprint density at radius 3 is 3.11 bits per heavy atom. The van der Waals surface area contributed by atoms with E-state index in [-0.39, 0.29) is 17.8 Å². The largest absolute Gasteiger partial charge is 0.466 e. The van der Waals surface area contributed by atoms with Gasteiger partial charge in [0.1, 0.15) is 4.88 Å². The Hall–Kier alpha value is -1.43. The Labute approximate surface area is 110 Å². The maximum absolute atomic E-state index is 12.1. The molecule has 0 aliphatic carbocycles. The van der Waals surface area contributed by atoms with E-state index >= 15 is 0 Å². The fourth-order valence-corrected chi connectivity index (χ4v) is 2.68. The summed E-state index contributed by atoms with van der Waals surface area (Å²) in [6.07, 6.45) is 3.21. The first-order valence-corrected chi connectivity index (χ1v) is 6.94. The molecule has 1 aromatic rings. The van der Waals surface area contributed by atoms with E-state index in [0.29, 0.717) is 24.6 Å². The third kappa shape index (κ3) is 2.87. The molecule has 0 N–H and O–H groups in total. The number of piperidine rings is 1. The van der Waals surface area contributed by atoms with E-state index in [4.69, 9.17) is 4.74 Å². The topological polar surface area (TPSA) is 59.5 Å². The highest BCUT2D eigenvalue weighted by atomic mass is 32.1. The Bertz CT molecular complexity index is 419. The van der Waals surface area contributed by atoms with E-state index in [1.165, 1.54) is 11.3 Å². The molecule has 1 aromatic heterocycles. The van der Waals surface area contributed by atoms with Gasteiger partial charge in [-0.3, -0.25) is 14.6 Å². The zero-order valence-electron chi connectivity index (χ0n) is 10.3. The summed E-state index contributed by atoms with van der Waals surface area (Å²) in [6.45, 7) is 3.33. The third-order valence-electron chi connectivity index (χ3n) is 2.97. The molecule has 2 heterocycles. The number of thiazole rings is 1. The summed E-state index contributed by atoms with van der Waals surface area (Å²) in [4.78, 5) is 30.1. The van der Waals surface area contributed by atoms with Gasteiger partial charge in [-0.25, -0.2) is 0 Å². The van der Waals surface area contributed by atoms with Crippen molar-refractivity contribution in [1.82, 2.24) is 9.88 Å². The Kier molecular flexibility index (Phi) is 4.30. The first kappa shape index (κ1) is 13.0. The van der Waals surface area contributed by atoms with Crippen LogP contribution in [-0.4, -0.2) is 41.5 Å². The van der Waals surface area contributed by atoms with Crippen LogP contribution in [-0.2, 0) is 9.53 Å². The summed E-state index contributed by atoms with van der Waals surface area (Å²) in [5, 5.41) is 0. The monoisotopic (exact) mass is 268 g/mol. The lowest BCUT2D eigenvalue weighted by atomic mass is 9.98. The van der Waals surface area contributed by atoms with Crippen molar-refractivity contribution >= 4 is 23.2 Å². The van der Waals surface area contributed by atoms with E-state index in [0.717, 1.165) is 12.8 Å². The molecule has 1 aliphatic heterocycles. The second-order valence-corrected chi connectivity index (χ2v) is 5.09. The van der Waals surface area contributed by atoms with E-state index < -0.39 is 0 Å². The molecule has 0 spiro atoms. The molecule has 1 atom stereocenters. The van der Waals surface area contributed by atoms with Crippen molar-refractivity contribution in [1.29, 1.82) is 0 Å². The highest BCUT2D eigenvalue weighted by Gasteiger charge is 2.30. The predicted molar refractivity (Wildman–Crippen MR) is 67.4 cm³/mol. The molecule has 0 aromatic carbocycles. The van der Waals surface area contributed by atoms with E-state index in [2.05, 4.69) is 4.98 Å². The summed E-state index contributed by atoms with van der Waals surface area (Å²) >= 11 is 1.33. The average molecular weight is 268 g/mol. The lowest BCUT2D eigenvalue weighted by Crippen LogP contribution is -2.42. The zero-order chi connectivity index (χ0) is 13.0. The number of esters is 1. The molecule has 1 aliphatic rings. The van der Waals surface area contributed by atoms with Crippen LogP contribution in [0, 0.1) is 5.92 Å². The number of carbonyl (C=O) groups excluding carboxylic acids is 2. The number of rotatable bonds is 3. The number of likely N-dealkylation sites (tertiary alicyclic amines) is 1. The number of hydrogen-bond acceptors (Lipinski definition) is 5. The van der Waals surface area contributed by atoms with Crippen molar-refractivity contribution in [2.75, 3.05) is 19.7 Å². The van der Waals surface area contributed by atoms with E-state index in [1.807, 2.05) is 0 Å². The predicted octanol–water partition coefficient (Wildman–Crippen LogP) is 1.56. The molecule has 6 heteroatoms. The van der Waals surface area contributed by atoms with Gasteiger partial charge in [0, 0.05) is 13.1 Å². The number of carbonyl (C=O) groups is 2. The first-order chi connectivity index (χ1) is 8.72. The summed E-state index contributed by atoms with van der Waals surface area (Å²) in [6, 6.07) is 0. The molecule has 0 saturated carbocycles. The Morgan fingerprint density at radius 2 is 2.44 bits per heavy atom. The molecule has 1 fully saturated rings. The second kappa shape index (κ2) is 5.95. The van der Waals surface area contributed by atoms with Gasteiger partial charge in [0.2, 0.25) is 0 Å². The molecular formula is C12H16N2O3S. The normalized spacial score (nSPS) is 19.6. The Morgan fingerprint density at radius 1 is 1.61 bits per heavy atom. The maximum Gasteiger partial charge on any atom is 0.310 e. The van der Waals surface area contributed by atoms with Crippen LogP contribution in [0.5, 0.6) is 0 Å². The SMILES string of the molecule is CCOC(=O)[C@@H]1CCCN(C(=O)c2cncs2)C1. The summed E-state index contributed by atoms with van der Waals surface area (Å²) < 4.78 is 5.01. The van der Waals surface area contributed by atoms with Gasteiger partial charge in [-0.1, -0.05) is 0 Å². The van der Waals surface area contributed by atoms with Crippen LogP contribution >= 0.6 is 11.3 Å². The minimum atomic E-state index is -0.195. The number of nitrogens with zero attached hydrogens (tertiary/aromatic N) is 2. The van der Waals surface area contributed by atoms with Crippen LogP contribution in [0.1, 0.15) is 29.4 Å². The van der Waals surface area contributed by atoms with Gasteiger partial charge in [0.15, 0.2) is 0 Å². The standard InChI is InChI=1S/C12H16N2O3S/c1-2-17-12(16)9-4-3-5-14(7-9)11(15)10-6-13-8-18-10/h6,8-9H,2-5,7H2,1H3/t9-/m1/s1. The highest BCUT2D eigenvalue weighted by molar-refractivity contribution is 7.11. The molecule has 1 amide bonds. The molecule has 18 heavy (non-hydrogen) atoms. The van der Waals surface area contributed by atoms with Gasteiger partial charge in [0.05, 0.1) is 24.2 Å². The highest BCUT2D eigenvalue weighted by Crippen LogP contribution is 2.20. The lowest BCUT2D eigenvalue weighted by Gasteiger charge is -2.31. The van der Waals surface area contributed by atoms with Gasteiger partial charge in [-0.05, 0) is 19.8 Å². The van der Waals surface area contributed by atoms with Crippen molar-refractivity contribution in [3.05, 3.63) is 16.6 Å². The molecule has 1 saturated heterocycles. The maximum atomic E-state index is 12.1. The van der Waals surface area contributed by atoms with E-state index in [1.54, 1.807) is 23.5 Å². The molecule has 2 rings (SSSR count). The molecule has 0 radical (unpaired) electrons. The van der Waals surface area contributed by atoms with Crippen LogP contribution in [0.25, 0.3) is 0 Å². The fraction of sp³-hybridized carbons (Fsp3) is 0.583. The molecular weight excluding hydrogens is 252 g/mol. The fourth-order valence-electron chi connectivity index (χ4n) is 2.09. The Balaban J connectivity index is 1.98. The van der Waals surface area contributed by atoms with E-state index in [9.17, 15) is 9.59 Å². The van der Waals surface area contributed by atoms with Crippen LogP contribution < -0.4 is 0 Å². The lowest BCUT2D eigenvalue weighted by molar-refractivity contribution is -0.149. The van der Waals surface area contributed by atoms with Crippen molar-refractivity contribution in [3.63, 3.8) is 0 Å². The third-order valence-corrected chi connectivity index (χ3v) is 3.73. The minimum absolute atomic E-state index is 0.0356. The first-order valence-electron chi connectivity index (χ1n) is 6.06. The minimum Gasteiger partial charge on any atom is -0.466 e. The van der Waals surface area contributed by atoms with Crippen LogP contribution in [0.4, 0.5) is 0 Å². The van der Waals surface area contributed by atoms with Gasteiger partial charge < -0.3 is 9.64 Å². The second-order valence-electron chi connectivity index (χ2n) is 4.21. The van der Waals surface area contributed by atoms with Crippen molar-refractivity contribution in [3.8, 4) is 0 Å². The average Bonchev–Trinajstić information content (AvgIpc) is 2.92. The molecule has 98 valence electrons.